The number of carbonyl (C=O) groups excluding carboxylic acids is 1. The van der Waals surface area contributed by atoms with Crippen LogP contribution in [0, 0.1) is 5.82 Å². The molecule has 0 saturated heterocycles. The van der Waals surface area contributed by atoms with E-state index in [0.717, 1.165) is 38.8 Å². The SMILES string of the molecule is NCC1(n2cc(C(N)=O)c(Nc3ccc(F)cc3)n2)CCC(N2Cc3ccccc3C2)CC1. The Balaban J connectivity index is 1.34. The molecule has 172 valence electrons. The highest BCUT2D eigenvalue weighted by Crippen LogP contribution is 2.39. The zero-order valence-corrected chi connectivity index (χ0v) is 18.5. The molecular weight excluding hydrogens is 419 g/mol. The van der Waals surface area contributed by atoms with E-state index in [1.807, 2.05) is 4.68 Å². The number of carbonyl (C=O) groups is 1. The highest BCUT2D eigenvalue weighted by molar-refractivity contribution is 5.98. The molecular formula is C25H29FN6O. The number of anilines is 2. The zero-order valence-electron chi connectivity index (χ0n) is 18.5. The van der Waals surface area contributed by atoms with Crippen molar-refractivity contribution in [2.75, 3.05) is 11.9 Å². The molecule has 2 heterocycles. The maximum absolute atomic E-state index is 13.3. The molecule has 3 aromatic rings. The first kappa shape index (κ1) is 21.6. The van der Waals surface area contributed by atoms with Crippen LogP contribution in [-0.4, -0.2) is 33.2 Å². The van der Waals surface area contributed by atoms with Crippen LogP contribution < -0.4 is 16.8 Å². The summed E-state index contributed by atoms with van der Waals surface area (Å²) in [7, 11) is 0. The monoisotopic (exact) mass is 448 g/mol. The van der Waals surface area contributed by atoms with Gasteiger partial charge < -0.3 is 16.8 Å². The number of hydrogen-bond acceptors (Lipinski definition) is 5. The largest absolute Gasteiger partial charge is 0.365 e. The molecule has 0 radical (unpaired) electrons. The molecule has 8 heteroatoms. The van der Waals surface area contributed by atoms with Crippen LogP contribution in [0.1, 0.15) is 47.2 Å². The number of nitrogens with one attached hydrogen (secondary N) is 1. The van der Waals surface area contributed by atoms with Gasteiger partial charge in [-0.2, -0.15) is 5.10 Å². The molecule has 1 aliphatic carbocycles. The molecule has 1 aliphatic heterocycles. The Morgan fingerprint density at radius 1 is 1.09 bits per heavy atom. The van der Waals surface area contributed by atoms with Crippen molar-refractivity contribution in [2.24, 2.45) is 11.5 Å². The van der Waals surface area contributed by atoms with E-state index in [9.17, 15) is 9.18 Å². The van der Waals surface area contributed by atoms with E-state index in [0.29, 0.717) is 29.7 Å². The quantitative estimate of drug-likeness (QED) is 0.536. The van der Waals surface area contributed by atoms with E-state index in [4.69, 9.17) is 11.5 Å². The van der Waals surface area contributed by atoms with Crippen LogP contribution in [0.5, 0.6) is 0 Å². The molecule has 0 spiro atoms. The summed E-state index contributed by atoms with van der Waals surface area (Å²) in [6, 6.07) is 15.0. The van der Waals surface area contributed by atoms with Crippen molar-refractivity contribution in [1.29, 1.82) is 0 Å². The van der Waals surface area contributed by atoms with Gasteiger partial charge in [0.25, 0.3) is 5.91 Å². The van der Waals surface area contributed by atoms with Crippen LogP contribution in [0.2, 0.25) is 0 Å². The first-order chi connectivity index (χ1) is 16.0. The normalized spacial score (nSPS) is 22.8. The van der Waals surface area contributed by atoms with Gasteiger partial charge in [0.05, 0.1) is 5.54 Å². The molecule has 7 nitrogen and oxygen atoms in total. The third-order valence-electron chi connectivity index (χ3n) is 7.22. The number of benzene rings is 2. The summed E-state index contributed by atoms with van der Waals surface area (Å²) < 4.78 is 15.1. The Morgan fingerprint density at radius 2 is 1.73 bits per heavy atom. The van der Waals surface area contributed by atoms with Crippen LogP contribution in [0.4, 0.5) is 15.9 Å². The average molecular weight is 449 g/mol. The van der Waals surface area contributed by atoms with Crippen LogP contribution in [0.3, 0.4) is 0 Å². The fourth-order valence-corrected chi connectivity index (χ4v) is 5.21. The van der Waals surface area contributed by atoms with Gasteiger partial charge in [0, 0.05) is 37.6 Å². The van der Waals surface area contributed by atoms with Gasteiger partial charge in [0.15, 0.2) is 5.82 Å². The van der Waals surface area contributed by atoms with Crippen molar-refractivity contribution in [3.05, 3.63) is 77.2 Å². The molecule has 2 aromatic carbocycles. The van der Waals surface area contributed by atoms with Crippen LogP contribution >= 0.6 is 0 Å². The third-order valence-corrected chi connectivity index (χ3v) is 7.22. The topological polar surface area (TPSA) is 102 Å². The van der Waals surface area contributed by atoms with Gasteiger partial charge in [-0.3, -0.25) is 14.4 Å². The fourth-order valence-electron chi connectivity index (χ4n) is 5.21. The molecule has 5 N–H and O–H groups in total. The molecule has 0 atom stereocenters. The lowest BCUT2D eigenvalue weighted by Gasteiger charge is -2.42. The van der Waals surface area contributed by atoms with E-state index in [1.165, 1.54) is 23.3 Å². The number of nitrogens with zero attached hydrogens (tertiary/aromatic N) is 3. The number of fused-ring (bicyclic) bond motifs is 1. The summed E-state index contributed by atoms with van der Waals surface area (Å²) in [5.41, 5.74) is 15.3. The Kier molecular flexibility index (Phi) is 5.64. The molecule has 1 fully saturated rings. The number of nitrogens with two attached hydrogens (primary N) is 2. The number of primary amides is 1. The van der Waals surface area contributed by atoms with Crippen molar-refractivity contribution in [3.8, 4) is 0 Å². The molecule has 0 unspecified atom stereocenters. The second kappa shape index (κ2) is 8.61. The van der Waals surface area contributed by atoms with Gasteiger partial charge in [0.1, 0.15) is 11.4 Å². The summed E-state index contributed by atoms with van der Waals surface area (Å²) in [6.07, 6.45) is 5.47. The highest BCUT2D eigenvalue weighted by atomic mass is 19.1. The maximum Gasteiger partial charge on any atom is 0.254 e. The summed E-state index contributed by atoms with van der Waals surface area (Å²) in [5.74, 6) is -0.540. The molecule has 1 saturated carbocycles. The number of halogens is 1. The molecule has 0 bridgehead atoms. The highest BCUT2D eigenvalue weighted by Gasteiger charge is 2.40. The molecule has 2 aliphatic rings. The van der Waals surface area contributed by atoms with Crippen LogP contribution in [0.15, 0.2) is 54.7 Å². The molecule has 1 amide bonds. The van der Waals surface area contributed by atoms with Gasteiger partial charge in [-0.15, -0.1) is 0 Å². The lowest BCUT2D eigenvalue weighted by molar-refractivity contribution is 0.0878. The number of rotatable bonds is 6. The minimum absolute atomic E-state index is 0.296. The van der Waals surface area contributed by atoms with Crippen LogP contribution in [0.25, 0.3) is 0 Å². The van der Waals surface area contributed by atoms with Crippen LogP contribution in [-0.2, 0) is 18.6 Å². The average Bonchev–Trinajstić information content (AvgIpc) is 3.45. The number of amides is 1. The second-order valence-corrected chi connectivity index (χ2v) is 9.17. The fraction of sp³-hybridized carbons (Fsp3) is 0.360. The first-order valence-electron chi connectivity index (χ1n) is 11.4. The van der Waals surface area contributed by atoms with Gasteiger partial charge in [-0.05, 0) is 61.1 Å². The Hall–Kier alpha value is -3.23. The standard InChI is InChI=1S/C25H29FN6O/c26-19-5-7-20(8-6-19)29-24-22(23(28)33)15-32(30-24)25(16-27)11-9-21(10-12-25)31-13-17-3-1-2-4-18(17)14-31/h1-8,15,21H,9-14,16,27H2,(H2,28,33)(H,29,30). The second-order valence-electron chi connectivity index (χ2n) is 9.17. The van der Waals surface area contributed by atoms with Gasteiger partial charge in [0.2, 0.25) is 0 Å². The number of hydrogen-bond donors (Lipinski definition) is 3. The van der Waals surface area contributed by atoms with E-state index in [-0.39, 0.29) is 11.4 Å². The summed E-state index contributed by atoms with van der Waals surface area (Å²) in [4.78, 5) is 14.7. The van der Waals surface area contributed by atoms with Gasteiger partial charge >= 0.3 is 0 Å². The third kappa shape index (κ3) is 4.12. The van der Waals surface area contributed by atoms with Crippen molar-refractivity contribution >= 4 is 17.4 Å². The maximum atomic E-state index is 13.3. The van der Waals surface area contributed by atoms with Crippen molar-refractivity contribution in [2.45, 2.75) is 50.4 Å². The zero-order chi connectivity index (χ0) is 23.0. The Labute approximate surface area is 192 Å². The lowest BCUT2D eigenvalue weighted by Crippen LogP contribution is -2.48. The Morgan fingerprint density at radius 3 is 2.30 bits per heavy atom. The van der Waals surface area contributed by atoms with E-state index in [2.05, 4.69) is 39.6 Å². The Bertz CT molecular complexity index is 1120. The summed E-state index contributed by atoms with van der Waals surface area (Å²) in [6.45, 7) is 2.42. The minimum atomic E-state index is -0.568. The van der Waals surface area contributed by atoms with Crippen molar-refractivity contribution in [1.82, 2.24) is 14.7 Å². The summed E-state index contributed by atoms with van der Waals surface area (Å²) >= 11 is 0. The van der Waals surface area contributed by atoms with Crippen molar-refractivity contribution < 1.29 is 9.18 Å². The lowest BCUT2D eigenvalue weighted by atomic mass is 9.79. The van der Waals surface area contributed by atoms with Gasteiger partial charge in [-0.1, -0.05) is 24.3 Å². The first-order valence-corrected chi connectivity index (χ1v) is 11.4. The molecule has 1 aromatic heterocycles. The number of aromatic nitrogens is 2. The van der Waals surface area contributed by atoms with Gasteiger partial charge in [-0.25, -0.2) is 4.39 Å². The molecule has 33 heavy (non-hydrogen) atoms. The van der Waals surface area contributed by atoms with Crippen molar-refractivity contribution in [3.63, 3.8) is 0 Å². The predicted octanol–water partition coefficient (Wildman–Crippen LogP) is 3.48. The van der Waals surface area contributed by atoms with E-state index < -0.39 is 5.91 Å². The molecule has 5 rings (SSSR count). The minimum Gasteiger partial charge on any atom is -0.365 e. The van der Waals surface area contributed by atoms with E-state index in [1.54, 1.807) is 18.3 Å². The smallest absolute Gasteiger partial charge is 0.254 e. The van der Waals surface area contributed by atoms with E-state index >= 15 is 0 Å². The predicted molar refractivity (Wildman–Crippen MR) is 125 cm³/mol. The summed E-state index contributed by atoms with van der Waals surface area (Å²) in [5, 5.41) is 7.79.